The van der Waals surface area contributed by atoms with E-state index in [1.165, 1.54) is 12.1 Å². The highest BCUT2D eigenvalue weighted by atomic mass is 19.1. The first-order chi connectivity index (χ1) is 6.60. The number of nitrogens with two attached hydrogens (primary N) is 1. The van der Waals surface area contributed by atoms with E-state index in [-0.39, 0.29) is 11.9 Å². The highest BCUT2D eigenvalue weighted by Gasteiger charge is 2.36. The summed E-state index contributed by atoms with van der Waals surface area (Å²) in [4.78, 5) is 0. The molecule has 0 saturated heterocycles. The summed E-state index contributed by atoms with van der Waals surface area (Å²) in [5.41, 5.74) is 6.36. The van der Waals surface area contributed by atoms with E-state index in [1.807, 2.05) is 6.07 Å². The highest BCUT2D eigenvalue weighted by molar-refractivity contribution is 5.26. The topological polar surface area (TPSA) is 46.2 Å². The van der Waals surface area contributed by atoms with Crippen LogP contribution in [0.25, 0.3) is 0 Å². The first-order valence-corrected chi connectivity index (χ1v) is 4.83. The molecule has 0 spiro atoms. The van der Waals surface area contributed by atoms with Gasteiger partial charge in [0.25, 0.3) is 0 Å². The number of halogens is 1. The molecular formula is C11H14FNO. The Morgan fingerprint density at radius 3 is 2.86 bits per heavy atom. The van der Waals surface area contributed by atoms with Crippen molar-refractivity contribution in [3.8, 4) is 0 Å². The number of rotatable bonds is 1. The van der Waals surface area contributed by atoms with E-state index in [0.29, 0.717) is 12.8 Å². The molecule has 0 bridgehead atoms. The molecule has 0 aliphatic heterocycles. The van der Waals surface area contributed by atoms with Gasteiger partial charge in [-0.3, -0.25) is 0 Å². The molecule has 0 radical (unpaired) electrons. The van der Waals surface area contributed by atoms with Crippen LogP contribution in [0.3, 0.4) is 0 Å². The molecular weight excluding hydrogens is 181 g/mol. The molecule has 1 aromatic rings. The van der Waals surface area contributed by atoms with Gasteiger partial charge in [0.1, 0.15) is 5.82 Å². The molecule has 0 aromatic heterocycles. The van der Waals surface area contributed by atoms with E-state index in [4.69, 9.17) is 5.73 Å². The molecule has 2 atom stereocenters. The van der Waals surface area contributed by atoms with Crippen LogP contribution in [0.1, 0.15) is 24.8 Å². The van der Waals surface area contributed by atoms with Crippen LogP contribution in [0.2, 0.25) is 0 Å². The Hall–Kier alpha value is -0.930. The monoisotopic (exact) mass is 195 g/mol. The fourth-order valence-corrected chi connectivity index (χ4v) is 2.11. The van der Waals surface area contributed by atoms with Gasteiger partial charge in [0.2, 0.25) is 0 Å². The fourth-order valence-electron chi connectivity index (χ4n) is 2.11. The van der Waals surface area contributed by atoms with Gasteiger partial charge < -0.3 is 10.8 Å². The first-order valence-electron chi connectivity index (χ1n) is 4.83. The molecule has 2 unspecified atom stereocenters. The van der Waals surface area contributed by atoms with Crippen LogP contribution in [0.4, 0.5) is 4.39 Å². The number of benzene rings is 1. The number of hydrogen-bond donors (Lipinski definition) is 2. The molecule has 14 heavy (non-hydrogen) atoms. The lowest BCUT2D eigenvalue weighted by molar-refractivity contribution is 0.174. The van der Waals surface area contributed by atoms with Crippen molar-refractivity contribution in [1.29, 1.82) is 0 Å². The van der Waals surface area contributed by atoms with Crippen molar-refractivity contribution in [2.24, 2.45) is 5.73 Å². The third kappa shape index (κ3) is 1.65. The normalized spacial score (nSPS) is 32.1. The van der Waals surface area contributed by atoms with Gasteiger partial charge in [-0.1, -0.05) is 12.1 Å². The van der Waals surface area contributed by atoms with Crippen LogP contribution < -0.4 is 5.73 Å². The van der Waals surface area contributed by atoms with Crippen LogP contribution in [0, 0.1) is 5.82 Å². The smallest absolute Gasteiger partial charge is 0.123 e. The van der Waals surface area contributed by atoms with Crippen LogP contribution >= 0.6 is 0 Å². The SMILES string of the molecule is NC1(c2cccc(F)c2)CCC(O)C1. The van der Waals surface area contributed by atoms with E-state index < -0.39 is 5.54 Å². The lowest BCUT2D eigenvalue weighted by atomic mass is 9.89. The van der Waals surface area contributed by atoms with Crippen molar-refractivity contribution in [2.45, 2.75) is 30.9 Å². The average molecular weight is 195 g/mol. The van der Waals surface area contributed by atoms with Gasteiger partial charge in [-0.25, -0.2) is 4.39 Å². The van der Waals surface area contributed by atoms with Crippen molar-refractivity contribution < 1.29 is 9.50 Å². The van der Waals surface area contributed by atoms with Crippen molar-refractivity contribution >= 4 is 0 Å². The van der Waals surface area contributed by atoms with E-state index in [1.54, 1.807) is 6.07 Å². The molecule has 0 heterocycles. The Labute approximate surface area is 82.5 Å². The Bertz CT molecular complexity index is 342. The maximum absolute atomic E-state index is 13.0. The van der Waals surface area contributed by atoms with Crippen LogP contribution in [-0.2, 0) is 5.54 Å². The Morgan fingerprint density at radius 2 is 2.29 bits per heavy atom. The average Bonchev–Trinajstić information content (AvgIpc) is 2.48. The summed E-state index contributed by atoms with van der Waals surface area (Å²) < 4.78 is 13.0. The summed E-state index contributed by atoms with van der Waals surface area (Å²) in [5.74, 6) is -0.270. The molecule has 1 aliphatic rings. The van der Waals surface area contributed by atoms with Gasteiger partial charge in [0.15, 0.2) is 0 Å². The van der Waals surface area contributed by atoms with Gasteiger partial charge in [0.05, 0.1) is 6.10 Å². The van der Waals surface area contributed by atoms with Crippen molar-refractivity contribution in [2.75, 3.05) is 0 Å². The molecule has 2 rings (SSSR count). The molecule has 2 nitrogen and oxygen atoms in total. The Balaban J connectivity index is 2.30. The molecule has 3 N–H and O–H groups in total. The van der Waals surface area contributed by atoms with Crippen LogP contribution in [0.15, 0.2) is 24.3 Å². The zero-order valence-electron chi connectivity index (χ0n) is 7.91. The summed E-state index contributed by atoms with van der Waals surface area (Å²) in [5, 5.41) is 9.42. The van der Waals surface area contributed by atoms with Crippen molar-refractivity contribution in [1.82, 2.24) is 0 Å². The first kappa shape index (κ1) is 9.62. The summed E-state index contributed by atoms with van der Waals surface area (Å²) in [6.07, 6.45) is 1.60. The molecule has 76 valence electrons. The van der Waals surface area contributed by atoms with Crippen LogP contribution in [0.5, 0.6) is 0 Å². The van der Waals surface area contributed by atoms with Gasteiger partial charge in [-0.2, -0.15) is 0 Å². The maximum atomic E-state index is 13.0. The Morgan fingerprint density at radius 1 is 1.50 bits per heavy atom. The summed E-state index contributed by atoms with van der Waals surface area (Å²) in [7, 11) is 0. The zero-order valence-corrected chi connectivity index (χ0v) is 7.91. The molecule has 1 aliphatic carbocycles. The minimum absolute atomic E-state index is 0.270. The van der Waals surface area contributed by atoms with E-state index in [2.05, 4.69) is 0 Å². The number of hydrogen-bond acceptors (Lipinski definition) is 2. The molecule has 3 heteroatoms. The predicted molar refractivity (Wildman–Crippen MR) is 52.1 cm³/mol. The zero-order chi connectivity index (χ0) is 10.2. The van der Waals surface area contributed by atoms with Crippen molar-refractivity contribution in [3.63, 3.8) is 0 Å². The van der Waals surface area contributed by atoms with E-state index in [0.717, 1.165) is 12.0 Å². The number of aliphatic hydroxyl groups is 1. The number of aliphatic hydroxyl groups excluding tert-OH is 1. The lowest BCUT2D eigenvalue weighted by Crippen LogP contribution is -2.34. The summed E-state index contributed by atoms with van der Waals surface area (Å²) in [6, 6.07) is 6.33. The van der Waals surface area contributed by atoms with E-state index >= 15 is 0 Å². The minimum Gasteiger partial charge on any atom is -0.393 e. The van der Waals surface area contributed by atoms with E-state index in [9.17, 15) is 9.50 Å². The van der Waals surface area contributed by atoms with Gasteiger partial charge >= 0.3 is 0 Å². The quantitative estimate of drug-likeness (QED) is 0.713. The van der Waals surface area contributed by atoms with Gasteiger partial charge in [0, 0.05) is 5.54 Å². The second kappa shape index (κ2) is 3.33. The maximum Gasteiger partial charge on any atom is 0.123 e. The van der Waals surface area contributed by atoms with Crippen molar-refractivity contribution in [3.05, 3.63) is 35.6 Å². The summed E-state index contributed by atoms with van der Waals surface area (Å²) in [6.45, 7) is 0. The van der Waals surface area contributed by atoms with Gasteiger partial charge in [-0.05, 0) is 37.0 Å². The molecule has 0 amide bonds. The molecule has 1 fully saturated rings. The minimum atomic E-state index is -0.540. The second-order valence-corrected chi connectivity index (χ2v) is 4.06. The molecule has 1 aromatic carbocycles. The van der Waals surface area contributed by atoms with Gasteiger partial charge in [-0.15, -0.1) is 0 Å². The second-order valence-electron chi connectivity index (χ2n) is 4.06. The molecule has 1 saturated carbocycles. The highest BCUT2D eigenvalue weighted by Crippen LogP contribution is 2.36. The fraction of sp³-hybridized carbons (Fsp3) is 0.455. The predicted octanol–water partition coefficient (Wildman–Crippen LogP) is 1.52. The van der Waals surface area contributed by atoms with Crippen LogP contribution in [-0.4, -0.2) is 11.2 Å². The summed E-state index contributed by atoms with van der Waals surface area (Å²) >= 11 is 0. The Kier molecular flexibility index (Phi) is 2.29. The largest absolute Gasteiger partial charge is 0.393 e. The third-order valence-electron chi connectivity index (χ3n) is 2.92. The standard InChI is InChI=1S/C11H14FNO/c12-9-3-1-2-8(6-9)11(13)5-4-10(14)7-11/h1-3,6,10,14H,4-5,7,13H2. The third-order valence-corrected chi connectivity index (χ3v) is 2.92. The lowest BCUT2D eigenvalue weighted by Gasteiger charge is -2.24.